The highest BCUT2D eigenvalue weighted by Gasteiger charge is 2.69. The summed E-state index contributed by atoms with van der Waals surface area (Å²) in [4.78, 5) is 67.5. The average molecular weight is 515 g/mol. The molecule has 1 amide bonds. The third-order valence-corrected chi connectivity index (χ3v) is 8.06. The lowest BCUT2D eigenvalue weighted by Crippen LogP contribution is -2.74. The summed E-state index contributed by atoms with van der Waals surface area (Å²) in [6, 6.07) is 11.0. The quantitative estimate of drug-likeness (QED) is 0.381. The Kier molecular flexibility index (Phi) is 6.05. The molecule has 0 heterocycles. The number of primary amides is 1. The van der Waals surface area contributed by atoms with Crippen molar-refractivity contribution in [3.8, 4) is 17.6 Å². The number of nitrogens with two attached hydrogens (primary N) is 1. The Morgan fingerprint density at radius 3 is 2.34 bits per heavy atom. The van der Waals surface area contributed by atoms with E-state index in [0.29, 0.717) is 11.1 Å². The highest BCUT2D eigenvalue weighted by atomic mass is 16.3. The number of phenolic OH excluding ortho intramolecular Hbond substituents is 1. The van der Waals surface area contributed by atoms with Crippen LogP contribution in [0.2, 0.25) is 0 Å². The van der Waals surface area contributed by atoms with E-state index in [1.54, 1.807) is 20.2 Å². The number of likely N-dealkylation sites (N-methyl/N-ethyl adjacent to an activating group) is 1. The zero-order valence-electron chi connectivity index (χ0n) is 20.8. The normalized spacial score (nSPS) is 30.2. The van der Waals surface area contributed by atoms with E-state index in [1.165, 1.54) is 11.0 Å². The second-order valence-electron chi connectivity index (χ2n) is 10.4. The maximum Gasteiger partial charge on any atom is 0.235 e. The van der Waals surface area contributed by atoms with Gasteiger partial charge in [-0.15, -0.1) is 0 Å². The number of carbonyl (C=O) groups is 5. The molecule has 0 radical (unpaired) electrons. The molecule has 6 unspecified atom stereocenters. The fourth-order valence-electron chi connectivity index (χ4n) is 6.38. The van der Waals surface area contributed by atoms with Crippen molar-refractivity contribution in [1.82, 2.24) is 4.90 Å². The van der Waals surface area contributed by atoms with Gasteiger partial charge in [-0.2, -0.15) is 0 Å². The molecule has 3 aliphatic carbocycles. The van der Waals surface area contributed by atoms with Crippen molar-refractivity contribution in [3.63, 3.8) is 0 Å². The second-order valence-corrected chi connectivity index (χ2v) is 10.4. The highest BCUT2D eigenvalue weighted by Crippen LogP contribution is 2.50. The summed E-state index contributed by atoms with van der Waals surface area (Å²) in [6.07, 6.45) is 0.157. The van der Waals surface area contributed by atoms with E-state index in [2.05, 4.69) is 11.8 Å². The number of nitrogens with zero attached hydrogens (tertiary/aromatic N) is 1. The number of fused-ring (bicyclic) bond motifs is 3. The van der Waals surface area contributed by atoms with E-state index in [1.807, 2.05) is 30.3 Å². The molecular formula is C29H26N2O7. The Morgan fingerprint density at radius 1 is 1.03 bits per heavy atom. The number of Topliss-reactive ketones (excluding diaryl/α,β-unsaturated/α-hetero) is 4. The van der Waals surface area contributed by atoms with Crippen LogP contribution in [0.25, 0.3) is 0 Å². The van der Waals surface area contributed by atoms with Crippen LogP contribution in [0.15, 0.2) is 42.5 Å². The van der Waals surface area contributed by atoms with E-state index < -0.39 is 64.4 Å². The number of ketones is 4. The number of amides is 1. The number of carbonyl (C=O) groups excluding carboxylic acids is 5. The molecule has 2 aromatic rings. The number of hydrogen-bond donors (Lipinski definition) is 3. The van der Waals surface area contributed by atoms with Crippen molar-refractivity contribution >= 4 is 29.0 Å². The van der Waals surface area contributed by atoms with Gasteiger partial charge in [-0.05, 0) is 62.7 Å². The van der Waals surface area contributed by atoms with Gasteiger partial charge in [-0.25, -0.2) is 0 Å². The van der Waals surface area contributed by atoms with Crippen molar-refractivity contribution in [3.05, 3.63) is 64.7 Å². The molecule has 9 nitrogen and oxygen atoms in total. The van der Waals surface area contributed by atoms with Crippen LogP contribution in [0.4, 0.5) is 0 Å². The molecule has 0 aliphatic heterocycles. The lowest BCUT2D eigenvalue weighted by Gasteiger charge is -2.52. The maximum absolute atomic E-state index is 13.8. The zero-order chi connectivity index (χ0) is 27.5. The van der Waals surface area contributed by atoms with Gasteiger partial charge in [0.05, 0.1) is 17.5 Å². The maximum atomic E-state index is 13.8. The molecule has 194 valence electrons. The van der Waals surface area contributed by atoms with Crippen LogP contribution < -0.4 is 5.73 Å². The number of hydrogen-bond acceptors (Lipinski definition) is 8. The van der Waals surface area contributed by atoms with Gasteiger partial charge in [-0.1, -0.05) is 30.0 Å². The second kappa shape index (κ2) is 9.01. The van der Waals surface area contributed by atoms with Crippen LogP contribution in [-0.2, 0) is 25.6 Å². The molecule has 38 heavy (non-hydrogen) atoms. The van der Waals surface area contributed by atoms with Crippen molar-refractivity contribution in [2.45, 2.75) is 24.5 Å². The van der Waals surface area contributed by atoms with Crippen molar-refractivity contribution < 1.29 is 34.2 Å². The highest BCUT2D eigenvalue weighted by molar-refractivity contribution is 6.32. The van der Waals surface area contributed by atoms with Crippen molar-refractivity contribution in [2.75, 3.05) is 14.1 Å². The van der Waals surface area contributed by atoms with Gasteiger partial charge in [0.15, 0.2) is 34.7 Å². The molecule has 6 atom stereocenters. The summed E-state index contributed by atoms with van der Waals surface area (Å²) in [5, 5.41) is 22.2. The first-order valence-corrected chi connectivity index (χ1v) is 12.2. The topological polar surface area (TPSA) is 155 Å². The predicted octanol–water partition coefficient (Wildman–Crippen LogP) is 0.267. The van der Waals surface area contributed by atoms with E-state index in [4.69, 9.17) is 5.73 Å². The van der Waals surface area contributed by atoms with Crippen LogP contribution in [0.3, 0.4) is 0 Å². The standard InChI is InChI=1S/C29H26N2O7/c1-31(2)23-18-13-16-12-17-15(9-8-14-6-4-3-5-7-14)10-11-19(32)21(17)24(33)20(16)26(35)29(18,38)27(36)22(25(23)34)28(30)37/h3-7,10-11,16,18,20,22-23,32,38H,12-13H2,1-2H3,(H2,30,37). The van der Waals surface area contributed by atoms with Gasteiger partial charge in [-0.3, -0.25) is 28.9 Å². The minimum Gasteiger partial charge on any atom is -0.507 e. The summed E-state index contributed by atoms with van der Waals surface area (Å²) in [5.41, 5.74) is 4.26. The van der Waals surface area contributed by atoms with Crippen LogP contribution >= 0.6 is 0 Å². The minimum absolute atomic E-state index is 0.00882. The van der Waals surface area contributed by atoms with Crippen molar-refractivity contribution in [1.29, 1.82) is 0 Å². The third-order valence-electron chi connectivity index (χ3n) is 8.06. The van der Waals surface area contributed by atoms with Gasteiger partial charge in [0, 0.05) is 17.0 Å². The van der Waals surface area contributed by atoms with E-state index in [0.717, 1.165) is 5.56 Å². The summed E-state index contributed by atoms with van der Waals surface area (Å²) >= 11 is 0. The van der Waals surface area contributed by atoms with Crippen LogP contribution in [0.5, 0.6) is 5.75 Å². The lowest BCUT2D eigenvalue weighted by atomic mass is 9.52. The number of rotatable bonds is 2. The molecule has 9 heteroatoms. The van der Waals surface area contributed by atoms with E-state index in [-0.39, 0.29) is 24.2 Å². The molecule has 2 aromatic carbocycles. The van der Waals surface area contributed by atoms with E-state index in [9.17, 15) is 34.2 Å². The Bertz CT molecular complexity index is 1470. The molecule has 5 rings (SSSR count). The number of benzene rings is 2. The lowest BCUT2D eigenvalue weighted by molar-refractivity contribution is -0.181. The summed E-state index contributed by atoms with van der Waals surface area (Å²) in [7, 11) is 3.09. The largest absolute Gasteiger partial charge is 0.507 e. The molecule has 2 saturated carbocycles. The SMILES string of the molecule is CN(C)C1C(=O)C(C(N)=O)C(=O)C2(O)C(=O)C3C(=O)c4c(O)ccc(C#Cc5ccccc5)c4CC3CC12. The zero-order valence-corrected chi connectivity index (χ0v) is 20.8. The molecule has 2 fully saturated rings. The number of aromatic hydroxyl groups is 1. The summed E-state index contributed by atoms with van der Waals surface area (Å²) in [5.74, 6) is -4.60. The van der Waals surface area contributed by atoms with Crippen LogP contribution in [-0.4, -0.2) is 69.9 Å². The molecule has 0 saturated heterocycles. The Morgan fingerprint density at radius 2 is 1.71 bits per heavy atom. The van der Waals surface area contributed by atoms with Gasteiger partial charge in [0.25, 0.3) is 0 Å². The molecular weight excluding hydrogens is 488 g/mol. The number of aliphatic hydroxyl groups is 1. The first-order valence-electron chi connectivity index (χ1n) is 12.2. The van der Waals surface area contributed by atoms with Crippen LogP contribution in [0.1, 0.15) is 33.5 Å². The molecule has 0 bridgehead atoms. The Labute approximate surface area is 218 Å². The van der Waals surface area contributed by atoms with Gasteiger partial charge in [0.1, 0.15) is 5.75 Å². The summed E-state index contributed by atoms with van der Waals surface area (Å²) in [6.45, 7) is 0. The molecule has 0 spiro atoms. The third kappa shape index (κ3) is 3.60. The van der Waals surface area contributed by atoms with Crippen molar-refractivity contribution in [2.24, 2.45) is 29.4 Å². The number of phenols is 1. The fourth-order valence-corrected chi connectivity index (χ4v) is 6.38. The molecule has 0 aromatic heterocycles. The molecule has 4 N–H and O–H groups in total. The predicted molar refractivity (Wildman–Crippen MR) is 134 cm³/mol. The van der Waals surface area contributed by atoms with Gasteiger partial charge < -0.3 is 15.9 Å². The van der Waals surface area contributed by atoms with E-state index >= 15 is 0 Å². The summed E-state index contributed by atoms with van der Waals surface area (Å²) < 4.78 is 0. The smallest absolute Gasteiger partial charge is 0.235 e. The Balaban J connectivity index is 1.62. The van der Waals surface area contributed by atoms with Crippen LogP contribution in [0, 0.1) is 35.5 Å². The average Bonchev–Trinajstić information content (AvgIpc) is 2.86. The Hall–Kier alpha value is -4.13. The minimum atomic E-state index is -2.74. The molecule has 3 aliphatic rings. The first-order chi connectivity index (χ1) is 18.0. The monoisotopic (exact) mass is 514 g/mol. The van der Waals surface area contributed by atoms with Gasteiger partial charge in [0.2, 0.25) is 5.91 Å². The fraction of sp³-hybridized carbons (Fsp3) is 0.345. The first kappa shape index (κ1) is 25.5. The van der Waals surface area contributed by atoms with Gasteiger partial charge >= 0.3 is 0 Å².